The Bertz CT molecular complexity index is 1440. The molecule has 0 radical (unpaired) electrons. The number of sulfonamides is 1. The van der Waals surface area contributed by atoms with Crippen molar-refractivity contribution in [2.24, 2.45) is 0 Å². The molecule has 34 heavy (non-hydrogen) atoms. The van der Waals surface area contributed by atoms with Crippen LogP contribution in [0.4, 0.5) is 10.5 Å². The van der Waals surface area contributed by atoms with E-state index in [0.717, 1.165) is 36.9 Å². The van der Waals surface area contributed by atoms with Crippen molar-refractivity contribution in [3.8, 4) is 17.2 Å². The van der Waals surface area contributed by atoms with Crippen LogP contribution in [0.2, 0.25) is 0 Å². The van der Waals surface area contributed by atoms with Crippen LogP contribution in [-0.4, -0.2) is 42.9 Å². The van der Waals surface area contributed by atoms with E-state index in [1.807, 2.05) is 34.9 Å². The normalized spacial score (nSPS) is 15.3. The van der Waals surface area contributed by atoms with E-state index in [0.29, 0.717) is 41.2 Å². The van der Waals surface area contributed by atoms with Crippen molar-refractivity contribution >= 4 is 21.7 Å². The SMILES string of the molecule is CN1CCc2nc(S(=O)(=O)NC(=O)Nc3c(-c4ccnc(C#N)c4)ccc4c3CCC4)oc2C1. The molecule has 174 valence electrons. The van der Waals surface area contributed by atoms with Crippen LogP contribution in [0.5, 0.6) is 0 Å². The zero-order valence-corrected chi connectivity index (χ0v) is 19.3. The summed E-state index contributed by atoms with van der Waals surface area (Å²) in [5.41, 5.74) is 4.79. The van der Waals surface area contributed by atoms with Crippen LogP contribution in [0.1, 0.15) is 34.7 Å². The van der Waals surface area contributed by atoms with Gasteiger partial charge < -0.3 is 9.73 Å². The third-order valence-electron chi connectivity index (χ3n) is 6.07. The van der Waals surface area contributed by atoms with Crippen molar-refractivity contribution in [1.82, 2.24) is 19.6 Å². The van der Waals surface area contributed by atoms with Crippen LogP contribution < -0.4 is 10.0 Å². The molecule has 2 aliphatic rings. The molecule has 11 heteroatoms. The Morgan fingerprint density at radius 3 is 2.91 bits per heavy atom. The molecule has 3 aromatic rings. The molecule has 0 atom stereocenters. The summed E-state index contributed by atoms with van der Waals surface area (Å²) < 4.78 is 33.1. The summed E-state index contributed by atoms with van der Waals surface area (Å²) in [5.74, 6) is 0.490. The highest BCUT2D eigenvalue weighted by Crippen LogP contribution is 2.37. The second-order valence-corrected chi connectivity index (χ2v) is 9.98. The van der Waals surface area contributed by atoms with Gasteiger partial charge in [-0.15, -0.1) is 0 Å². The van der Waals surface area contributed by atoms with Crippen LogP contribution >= 0.6 is 0 Å². The van der Waals surface area contributed by atoms with Gasteiger partial charge in [0.1, 0.15) is 17.5 Å². The number of nitrogens with one attached hydrogen (secondary N) is 2. The van der Waals surface area contributed by atoms with Gasteiger partial charge in [-0.05, 0) is 55.1 Å². The maximum atomic E-state index is 12.9. The van der Waals surface area contributed by atoms with E-state index < -0.39 is 21.3 Å². The Kier molecular flexibility index (Phi) is 5.55. The molecular weight excluding hydrogens is 456 g/mol. The summed E-state index contributed by atoms with van der Waals surface area (Å²) in [6.07, 6.45) is 4.66. The van der Waals surface area contributed by atoms with Crippen molar-refractivity contribution in [3.05, 3.63) is 58.7 Å². The van der Waals surface area contributed by atoms with Crippen molar-refractivity contribution in [2.45, 2.75) is 37.5 Å². The summed E-state index contributed by atoms with van der Waals surface area (Å²) in [6, 6.07) is 8.33. The first-order valence-electron chi connectivity index (χ1n) is 10.9. The number of carbonyl (C=O) groups is 1. The van der Waals surface area contributed by atoms with Crippen LogP contribution in [0, 0.1) is 11.3 Å². The minimum absolute atomic E-state index is 0.245. The monoisotopic (exact) mass is 478 g/mol. The molecule has 0 spiro atoms. The Hall–Kier alpha value is -3.75. The highest BCUT2D eigenvalue weighted by Gasteiger charge is 2.29. The lowest BCUT2D eigenvalue weighted by Crippen LogP contribution is -2.35. The van der Waals surface area contributed by atoms with Crippen LogP contribution in [0.15, 0.2) is 40.1 Å². The van der Waals surface area contributed by atoms with Crippen molar-refractivity contribution in [2.75, 3.05) is 18.9 Å². The van der Waals surface area contributed by atoms with Gasteiger partial charge >= 0.3 is 21.3 Å². The average molecular weight is 479 g/mol. The zero-order chi connectivity index (χ0) is 23.9. The highest BCUT2D eigenvalue weighted by molar-refractivity contribution is 7.89. The van der Waals surface area contributed by atoms with E-state index >= 15 is 0 Å². The second kappa shape index (κ2) is 8.55. The van der Waals surface area contributed by atoms with Crippen molar-refractivity contribution < 1.29 is 17.6 Å². The third kappa shape index (κ3) is 4.13. The maximum Gasteiger partial charge on any atom is 0.336 e. The topological polar surface area (TPSA) is 141 Å². The van der Waals surface area contributed by atoms with Gasteiger partial charge in [0.2, 0.25) is 0 Å². The summed E-state index contributed by atoms with van der Waals surface area (Å²) in [6.45, 7) is 1.21. The molecule has 2 amide bonds. The molecule has 3 heterocycles. The zero-order valence-electron chi connectivity index (χ0n) is 18.5. The largest absolute Gasteiger partial charge is 0.430 e. The van der Waals surface area contributed by atoms with E-state index in [2.05, 4.69) is 15.3 Å². The summed E-state index contributed by atoms with van der Waals surface area (Å²) in [4.78, 5) is 23.0. The number of hydrogen-bond donors (Lipinski definition) is 2. The highest BCUT2D eigenvalue weighted by atomic mass is 32.2. The van der Waals surface area contributed by atoms with Gasteiger partial charge in [0.25, 0.3) is 0 Å². The third-order valence-corrected chi connectivity index (χ3v) is 7.15. The molecule has 10 nitrogen and oxygen atoms in total. The lowest BCUT2D eigenvalue weighted by atomic mass is 9.97. The van der Waals surface area contributed by atoms with Crippen LogP contribution in [0.25, 0.3) is 11.1 Å². The lowest BCUT2D eigenvalue weighted by Gasteiger charge is -2.19. The first kappa shape index (κ1) is 22.1. The van der Waals surface area contributed by atoms with Gasteiger partial charge in [-0.1, -0.05) is 12.1 Å². The number of urea groups is 1. The molecule has 1 aliphatic carbocycles. The molecule has 0 fully saturated rings. The number of carbonyl (C=O) groups excluding carboxylic acids is 1. The molecule has 0 saturated carbocycles. The van der Waals surface area contributed by atoms with E-state index in [-0.39, 0.29) is 5.69 Å². The minimum Gasteiger partial charge on any atom is -0.430 e. The average Bonchev–Trinajstić information content (AvgIpc) is 3.46. The number of anilines is 1. The number of rotatable bonds is 4. The molecule has 2 aromatic heterocycles. The fourth-order valence-electron chi connectivity index (χ4n) is 4.43. The van der Waals surface area contributed by atoms with Crippen molar-refractivity contribution in [3.63, 3.8) is 0 Å². The molecule has 2 N–H and O–H groups in total. The first-order chi connectivity index (χ1) is 16.3. The van der Waals surface area contributed by atoms with Gasteiger partial charge in [-0.3, -0.25) is 4.90 Å². The predicted molar refractivity (Wildman–Crippen MR) is 122 cm³/mol. The second-order valence-electron chi connectivity index (χ2n) is 8.42. The van der Waals surface area contributed by atoms with Gasteiger partial charge in [0, 0.05) is 24.7 Å². The number of aryl methyl sites for hydroxylation is 1. The van der Waals surface area contributed by atoms with Gasteiger partial charge in [-0.25, -0.2) is 19.5 Å². The fraction of sp³-hybridized carbons (Fsp3) is 0.304. The Labute approximate surface area is 196 Å². The number of nitrogens with zero attached hydrogens (tertiary/aromatic N) is 4. The van der Waals surface area contributed by atoms with E-state index in [1.54, 1.807) is 12.1 Å². The smallest absolute Gasteiger partial charge is 0.336 e. The van der Waals surface area contributed by atoms with E-state index in [1.165, 1.54) is 6.20 Å². The number of fused-ring (bicyclic) bond motifs is 2. The molecule has 1 aromatic carbocycles. The standard InChI is InChI=1S/C23H22N6O4S/c1-29-10-8-19-20(13-29)33-23(26-19)34(31,32)28-22(30)27-21-17-4-2-3-14(17)5-6-18(21)15-7-9-25-16(11-15)12-24/h5-7,9,11H,2-4,8,10,13H2,1H3,(H2,27,28,30). The summed E-state index contributed by atoms with van der Waals surface area (Å²) >= 11 is 0. The number of benzene rings is 1. The van der Waals surface area contributed by atoms with Crippen LogP contribution in [0.3, 0.4) is 0 Å². The summed E-state index contributed by atoms with van der Waals surface area (Å²) in [5, 5.41) is 11.4. The fourth-order valence-corrected chi connectivity index (χ4v) is 5.25. The molecule has 0 unspecified atom stereocenters. The predicted octanol–water partition coefficient (Wildman–Crippen LogP) is 2.60. The van der Waals surface area contributed by atoms with E-state index in [9.17, 15) is 18.5 Å². The number of nitriles is 1. The quantitative estimate of drug-likeness (QED) is 0.583. The minimum atomic E-state index is -4.30. The van der Waals surface area contributed by atoms with Gasteiger partial charge in [0.05, 0.1) is 17.9 Å². The maximum absolute atomic E-state index is 12.9. The van der Waals surface area contributed by atoms with Crippen molar-refractivity contribution in [1.29, 1.82) is 5.26 Å². The number of hydrogen-bond acceptors (Lipinski definition) is 8. The Balaban J connectivity index is 1.44. The number of amides is 2. The van der Waals surface area contributed by atoms with Gasteiger partial charge in [0.15, 0.2) is 0 Å². The number of pyridine rings is 1. The Morgan fingerprint density at radius 1 is 1.24 bits per heavy atom. The van der Waals surface area contributed by atoms with Crippen LogP contribution in [-0.2, 0) is 35.8 Å². The number of aromatic nitrogens is 2. The molecule has 0 saturated heterocycles. The lowest BCUT2D eigenvalue weighted by molar-refractivity contribution is 0.255. The molecule has 5 rings (SSSR count). The summed E-state index contributed by atoms with van der Waals surface area (Å²) in [7, 11) is -2.40. The Morgan fingerprint density at radius 2 is 2.09 bits per heavy atom. The number of likely N-dealkylation sites (N-methyl/N-ethyl adjacent to an activating group) is 1. The first-order valence-corrected chi connectivity index (χ1v) is 12.3. The van der Waals surface area contributed by atoms with Gasteiger partial charge in [-0.2, -0.15) is 13.7 Å². The molecular formula is C23H22N6O4S. The van der Waals surface area contributed by atoms with E-state index in [4.69, 9.17) is 4.42 Å². The number of oxazole rings is 1. The molecule has 0 bridgehead atoms. The molecule has 1 aliphatic heterocycles.